The van der Waals surface area contributed by atoms with Gasteiger partial charge in [-0.05, 0) is 37.5 Å². The van der Waals surface area contributed by atoms with Gasteiger partial charge >= 0.3 is 6.03 Å². The van der Waals surface area contributed by atoms with Crippen LogP contribution in [0.5, 0.6) is 0 Å². The van der Waals surface area contributed by atoms with Crippen molar-refractivity contribution >= 4 is 6.03 Å². The van der Waals surface area contributed by atoms with Crippen LogP contribution in [0.4, 0.5) is 4.79 Å². The zero-order valence-corrected chi connectivity index (χ0v) is 11.7. The van der Waals surface area contributed by atoms with Gasteiger partial charge in [-0.25, -0.2) is 4.79 Å². The summed E-state index contributed by atoms with van der Waals surface area (Å²) in [6, 6.07) is 0.216. The lowest BCUT2D eigenvalue weighted by molar-refractivity contribution is 0.0552. The van der Waals surface area contributed by atoms with E-state index in [1.807, 2.05) is 16.8 Å². The third-order valence-electron chi connectivity index (χ3n) is 4.13. The highest BCUT2D eigenvalue weighted by Crippen LogP contribution is 2.19. The van der Waals surface area contributed by atoms with E-state index in [4.69, 9.17) is 4.74 Å². The number of hydrogen-bond donors (Lipinski definition) is 0. The summed E-state index contributed by atoms with van der Waals surface area (Å²) in [6.45, 7) is 6.68. The van der Waals surface area contributed by atoms with E-state index in [1.54, 1.807) is 0 Å². The fourth-order valence-electron chi connectivity index (χ4n) is 3.00. The van der Waals surface area contributed by atoms with Gasteiger partial charge in [-0.2, -0.15) is 0 Å². The minimum absolute atomic E-state index is 0.216. The van der Waals surface area contributed by atoms with Gasteiger partial charge in [0, 0.05) is 39.9 Å². The summed E-state index contributed by atoms with van der Waals surface area (Å²) in [4.78, 5) is 16.3. The molecule has 2 saturated heterocycles. The molecule has 4 nitrogen and oxygen atoms in total. The van der Waals surface area contributed by atoms with Crippen LogP contribution in [0.1, 0.15) is 32.6 Å². The number of likely N-dealkylation sites (tertiary alicyclic amines) is 1. The van der Waals surface area contributed by atoms with Crippen LogP contribution in [0, 0.1) is 11.8 Å². The van der Waals surface area contributed by atoms with Crippen molar-refractivity contribution in [2.24, 2.45) is 11.8 Å². The van der Waals surface area contributed by atoms with E-state index in [1.165, 1.54) is 6.42 Å². The molecule has 0 aromatic rings. The molecule has 18 heavy (non-hydrogen) atoms. The van der Waals surface area contributed by atoms with Crippen molar-refractivity contribution < 1.29 is 9.53 Å². The summed E-state index contributed by atoms with van der Waals surface area (Å²) in [5, 5.41) is 0. The van der Waals surface area contributed by atoms with Gasteiger partial charge in [0.1, 0.15) is 0 Å². The second kappa shape index (κ2) is 6.41. The normalized spacial score (nSPS) is 26.1. The number of carbonyl (C=O) groups is 1. The highest BCUT2D eigenvalue weighted by atomic mass is 16.5. The first-order valence-corrected chi connectivity index (χ1v) is 7.24. The van der Waals surface area contributed by atoms with Crippen molar-refractivity contribution in [1.82, 2.24) is 9.80 Å². The Morgan fingerprint density at radius 1 is 1.33 bits per heavy atom. The Kier molecular flexibility index (Phi) is 4.87. The number of hydrogen-bond acceptors (Lipinski definition) is 2. The van der Waals surface area contributed by atoms with Crippen LogP contribution >= 0.6 is 0 Å². The topological polar surface area (TPSA) is 32.8 Å². The van der Waals surface area contributed by atoms with Crippen LogP contribution in [0.15, 0.2) is 0 Å². The molecule has 0 bridgehead atoms. The van der Waals surface area contributed by atoms with Gasteiger partial charge in [0.25, 0.3) is 0 Å². The quantitative estimate of drug-likeness (QED) is 0.757. The molecular formula is C14H26N2O2. The molecular weight excluding hydrogens is 228 g/mol. The standard InChI is InChI=1S/C14H26N2O2/c1-12-4-3-7-16(10-12)14(17)15(2)11-13-5-8-18-9-6-13/h12-13H,3-11H2,1-2H3. The Bertz CT molecular complexity index is 277. The molecule has 2 aliphatic heterocycles. The van der Waals surface area contributed by atoms with E-state index >= 15 is 0 Å². The van der Waals surface area contributed by atoms with Crippen molar-refractivity contribution in [1.29, 1.82) is 0 Å². The zero-order valence-electron chi connectivity index (χ0n) is 11.7. The predicted molar refractivity (Wildman–Crippen MR) is 71.5 cm³/mol. The molecule has 0 spiro atoms. The molecule has 0 radical (unpaired) electrons. The maximum Gasteiger partial charge on any atom is 0.319 e. The monoisotopic (exact) mass is 254 g/mol. The van der Waals surface area contributed by atoms with Gasteiger partial charge in [0.15, 0.2) is 0 Å². The van der Waals surface area contributed by atoms with Gasteiger partial charge in [-0.3, -0.25) is 0 Å². The smallest absolute Gasteiger partial charge is 0.319 e. The van der Waals surface area contributed by atoms with Crippen LogP contribution in [0.2, 0.25) is 0 Å². The molecule has 0 aliphatic carbocycles. The summed E-state index contributed by atoms with van der Waals surface area (Å²) in [5.41, 5.74) is 0. The Balaban J connectivity index is 1.79. The summed E-state index contributed by atoms with van der Waals surface area (Å²) in [5.74, 6) is 1.27. The molecule has 2 amide bonds. The minimum Gasteiger partial charge on any atom is -0.381 e. The average molecular weight is 254 g/mol. The first kappa shape index (κ1) is 13.7. The molecule has 1 unspecified atom stereocenters. The highest BCUT2D eigenvalue weighted by molar-refractivity contribution is 5.74. The Morgan fingerprint density at radius 3 is 2.72 bits per heavy atom. The van der Waals surface area contributed by atoms with E-state index in [-0.39, 0.29) is 6.03 Å². The second-order valence-corrected chi connectivity index (χ2v) is 5.91. The van der Waals surface area contributed by atoms with E-state index in [9.17, 15) is 4.79 Å². The van der Waals surface area contributed by atoms with Crippen molar-refractivity contribution in [2.45, 2.75) is 32.6 Å². The van der Waals surface area contributed by atoms with Gasteiger partial charge in [-0.15, -0.1) is 0 Å². The third-order valence-corrected chi connectivity index (χ3v) is 4.13. The minimum atomic E-state index is 0.216. The van der Waals surface area contributed by atoms with Crippen LogP contribution in [0.3, 0.4) is 0 Å². The van der Waals surface area contributed by atoms with E-state index in [0.717, 1.165) is 52.1 Å². The second-order valence-electron chi connectivity index (χ2n) is 5.91. The van der Waals surface area contributed by atoms with Crippen molar-refractivity contribution in [3.05, 3.63) is 0 Å². The number of piperidine rings is 1. The summed E-state index contributed by atoms with van der Waals surface area (Å²) in [7, 11) is 1.94. The Hall–Kier alpha value is -0.770. The largest absolute Gasteiger partial charge is 0.381 e. The molecule has 1 atom stereocenters. The van der Waals surface area contributed by atoms with E-state index < -0.39 is 0 Å². The van der Waals surface area contributed by atoms with Crippen molar-refractivity contribution in [2.75, 3.05) is 39.9 Å². The number of rotatable bonds is 2. The molecule has 0 N–H and O–H groups in total. The molecule has 2 rings (SSSR count). The van der Waals surface area contributed by atoms with Crippen LogP contribution in [-0.2, 0) is 4.74 Å². The molecule has 2 aliphatic rings. The number of nitrogens with zero attached hydrogens (tertiary/aromatic N) is 2. The number of carbonyl (C=O) groups excluding carboxylic acids is 1. The number of ether oxygens (including phenoxy) is 1. The zero-order chi connectivity index (χ0) is 13.0. The molecule has 0 aromatic heterocycles. The van der Waals surface area contributed by atoms with Crippen molar-refractivity contribution in [3.8, 4) is 0 Å². The number of urea groups is 1. The fraction of sp³-hybridized carbons (Fsp3) is 0.929. The maximum absolute atomic E-state index is 12.3. The van der Waals surface area contributed by atoms with Gasteiger partial charge < -0.3 is 14.5 Å². The molecule has 2 fully saturated rings. The average Bonchev–Trinajstić information content (AvgIpc) is 2.39. The van der Waals surface area contributed by atoms with E-state index in [0.29, 0.717) is 11.8 Å². The molecule has 104 valence electrons. The lowest BCUT2D eigenvalue weighted by Gasteiger charge is -2.35. The van der Waals surface area contributed by atoms with E-state index in [2.05, 4.69) is 6.92 Å². The Morgan fingerprint density at radius 2 is 2.06 bits per heavy atom. The summed E-state index contributed by atoms with van der Waals surface area (Å²) in [6.07, 6.45) is 4.59. The molecule has 2 heterocycles. The highest BCUT2D eigenvalue weighted by Gasteiger charge is 2.25. The molecule has 0 aromatic carbocycles. The Labute approximate surface area is 110 Å². The van der Waals surface area contributed by atoms with Crippen molar-refractivity contribution in [3.63, 3.8) is 0 Å². The third kappa shape index (κ3) is 3.61. The van der Waals surface area contributed by atoms with Crippen LogP contribution in [-0.4, -0.2) is 55.7 Å². The first-order valence-electron chi connectivity index (χ1n) is 7.24. The summed E-state index contributed by atoms with van der Waals surface area (Å²) >= 11 is 0. The lowest BCUT2D eigenvalue weighted by Crippen LogP contribution is -2.47. The number of amides is 2. The van der Waals surface area contributed by atoms with Gasteiger partial charge in [-0.1, -0.05) is 6.92 Å². The summed E-state index contributed by atoms with van der Waals surface area (Å²) < 4.78 is 5.36. The maximum atomic E-state index is 12.3. The molecule has 4 heteroatoms. The van der Waals surface area contributed by atoms with Crippen LogP contribution < -0.4 is 0 Å². The lowest BCUT2D eigenvalue weighted by atomic mass is 9.99. The SMILES string of the molecule is CC1CCCN(C(=O)N(C)CC2CCOCC2)C1. The fourth-order valence-corrected chi connectivity index (χ4v) is 3.00. The predicted octanol–water partition coefficient (Wildman–Crippen LogP) is 2.20. The first-order chi connectivity index (χ1) is 8.66. The van der Waals surface area contributed by atoms with Crippen LogP contribution in [0.25, 0.3) is 0 Å². The van der Waals surface area contributed by atoms with Gasteiger partial charge in [0.05, 0.1) is 0 Å². The van der Waals surface area contributed by atoms with Gasteiger partial charge in [0.2, 0.25) is 0 Å². The molecule has 0 saturated carbocycles.